The van der Waals surface area contributed by atoms with Crippen molar-refractivity contribution in [3.05, 3.63) is 41.2 Å². The Kier molecular flexibility index (Phi) is 3.00. The van der Waals surface area contributed by atoms with Crippen LogP contribution in [0.3, 0.4) is 0 Å². The molecule has 0 saturated heterocycles. The summed E-state index contributed by atoms with van der Waals surface area (Å²) in [6, 6.07) is 2.60. The highest BCUT2D eigenvalue weighted by molar-refractivity contribution is 9.08. The standard InChI is InChI=1S/C10H8BrF2N3/c1-6-2-3-8(12)10(9(6)13)16-5-7(4-11)14-15-16/h2-3,5H,4H2,1H3. The SMILES string of the molecule is Cc1ccc(F)c(-n2cc(CBr)nn2)c1F. The summed E-state index contributed by atoms with van der Waals surface area (Å²) in [7, 11) is 0. The van der Waals surface area contributed by atoms with Gasteiger partial charge in [0.1, 0.15) is 5.69 Å². The number of hydrogen-bond acceptors (Lipinski definition) is 2. The van der Waals surface area contributed by atoms with Crippen LogP contribution in [-0.4, -0.2) is 15.0 Å². The van der Waals surface area contributed by atoms with E-state index in [2.05, 4.69) is 26.2 Å². The summed E-state index contributed by atoms with van der Waals surface area (Å²) in [5.41, 5.74) is 0.785. The van der Waals surface area contributed by atoms with Crippen molar-refractivity contribution in [1.82, 2.24) is 15.0 Å². The molecule has 1 aromatic heterocycles. The third kappa shape index (κ3) is 1.84. The zero-order chi connectivity index (χ0) is 11.7. The number of alkyl halides is 1. The monoisotopic (exact) mass is 287 g/mol. The summed E-state index contributed by atoms with van der Waals surface area (Å²) in [5.74, 6) is -1.28. The molecule has 0 aliphatic rings. The summed E-state index contributed by atoms with van der Waals surface area (Å²) >= 11 is 3.19. The van der Waals surface area contributed by atoms with Crippen LogP contribution in [-0.2, 0) is 5.33 Å². The highest BCUT2D eigenvalue weighted by Crippen LogP contribution is 2.20. The minimum absolute atomic E-state index is 0.195. The van der Waals surface area contributed by atoms with Crippen LogP contribution in [0.4, 0.5) is 8.78 Å². The number of nitrogens with zero attached hydrogens (tertiary/aromatic N) is 3. The van der Waals surface area contributed by atoms with Crippen molar-refractivity contribution in [1.29, 1.82) is 0 Å². The number of aryl methyl sites for hydroxylation is 1. The third-order valence-electron chi connectivity index (χ3n) is 2.17. The summed E-state index contributed by atoms with van der Waals surface area (Å²) in [5, 5.41) is 7.92. The van der Waals surface area contributed by atoms with Crippen molar-refractivity contribution < 1.29 is 8.78 Å². The predicted molar refractivity (Wildman–Crippen MR) is 58.6 cm³/mol. The topological polar surface area (TPSA) is 30.7 Å². The van der Waals surface area contributed by atoms with E-state index in [9.17, 15) is 8.78 Å². The summed E-state index contributed by atoms with van der Waals surface area (Å²) < 4.78 is 28.3. The number of halogens is 3. The molecule has 3 nitrogen and oxygen atoms in total. The summed E-state index contributed by atoms with van der Waals surface area (Å²) in [6.07, 6.45) is 1.48. The molecule has 2 aromatic rings. The molecular formula is C10H8BrF2N3. The van der Waals surface area contributed by atoms with Crippen LogP contribution in [0.25, 0.3) is 5.69 Å². The fourth-order valence-electron chi connectivity index (χ4n) is 1.32. The van der Waals surface area contributed by atoms with Gasteiger partial charge in [-0.15, -0.1) is 5.10 Å². The number of benzene rings is 1. The van der Waals surface area contributed by atoms with Crippen molar-refractivity contribution in [3.63, 3.8) is 0 Å². The molecule has 0 unspecified atom stereocenters. The van der Waals surface area contributed by atoms with Gasteiger partial charge < -0.3 is 0 Å². The second-order valence-corrected chi connectivity index (χ2v) is 3.88. The van der Waals surface area contributed by atoms with Crippen molar-refractivity contribution in [2.75, 3.05) is 0 Å². The Balaban J connectivity index is 2.58. The first-order valence-electron chi connectivity index (χ1n) is 4.55. The molecule has 0 atom stereocenters. The lowest BCUT2D eigenvalue weighted by Crippen LogP contribution is -2.03. The molecule has 0 amide bonds. The van der Waals surface area contributed by atoms with Gasteiger partial charge >= 0.3 is 0 Å². The van der Waals surface area contributed by atoms with E-state index in [-0.39, 0.29) is 5.69 Å². The number of aromatic nitrogens is 3. The molecule has 6 heteroatoms. The Morgan fingerprint density at radius 2 is 2.12 bits per heavy atom. The molecule has 0 N–H and O–H groups in total. The fraction of sp³-hybridized carbons (Fsp3) is 0.200. The van der Waals surface area contributed by atoms with Crippen molar-refractivity contribution >= 4 is 15.9 Å². The van der Waals surface area contributed by atoms with Gasteiger partial charge in [-0.2, -0.15) is 0 Å². The Hall–Kier alpha value is -1.30. The lowest BCUT2D eigenvalue weighted by molar-refractivity contribution is 0.551. The Morgan fingerprint density at radius 3 is 2.75 bits per heavy atom. The van der Waals surface area contributed by atoms with Gasteiger partial charge in [-0.3, -0.25) is 0 Å². The van der Waals surface area contributed by atoms with Crippen LogP contribution in [0.15, 0.2) is 18.3 Å². The molecule has 2 rings (SSSR count). The normalized spacial score (nSPS) is 10.8. The van der Waals surface area contributed by atoms with Gasteiger partial charge in [-0.1, -0.05) is 27.2 Å². The zero-order valence-electron chi connectivity index (χ0n) is 8.41. The Morgan fingerprint density at radius 1 is 1.38 bits per heavy atom. The first-order valence-corrected chi connectivity index (χ1v) is 5.68. The highest BCUT2D eigenvalue weighted by Gasteiger charge is 2.14. The largest absolute Gasteiger partial charge is 0.214 e. The van der Waals surface area contributed by atoms with Crippen molar-refractivity contribution in [2.45, 2.75) is 12.3 Å². The van der Waals surface area contributed by atoms with Crippen LogP contribution >= 0.6 is 15.9 Å². The Labute approximate surface area is 99.2 Å². The smallest absolute Gasteiger partial charge is 0.154 e. The zero-order valence-corrected chi connectivity index (χ0v) is 10.0. The lowest BCUT2D eigenvalue weighted by atomic mass is 10.2. The molecule has 0 aliphatic heterocycles. The van der Waals surface area contributed by atoms with Gasteiger partial charge in [0, 0.05) is 5.33 Å². The van der Waals surface area contributed by atoms with Crippen LogP contribution < -0.4 is 0 Å². The summed E-state index contributed by atoms with van der Waals surface area (Å²) in [4.78, 5) is 0. The number of rotatable bonds is 2. The molecule has 84 valence electrons. The molecule has 0 aliphatic carbocycles. The van der Waals surface area contributed by atoms with Crippen LogP contribution in [0.5, 0.6) is 0 Å². The van der Waals surface area contributed by atoms with Gasteiger partial charge in [0.25, 0.3) is 0 Å². The highest BCUT2D eigenvalue weighted by atomic mass is 79.9. The Bertz CT molecular complexity index is 525. The van der Waals surface area contributed by atoms with Crippen molar-refractivity contribution in [3.8, 4) is 5.69 Å². The molecule has 16 heavy (non-hydrogen) atoms. The minimum Gasteiger partial charge on any atom is -0.214 e. The van der Waals surface area contributed by atoms with E-state index in [1.54, 1.807) is 6.92 Å². The van der Waals surface area contributed by atoms with E-state index in [4.69, 9.17) is 0 Å². The molecule has 0 fully saturated rings. The quantitative estimate of drug-likeness (QED) is 0.795. The first-order chi connectivity index (χ1) is 7.63. The van der Waals surface area contributed by atoms with Gasteiger partial charge in [-0.25, -0.2) is 13.5 Å². The maximum atomic E-state index is 13.7. The maximum absolute atomic E-state index is 13.7. The van der Waals surface area contributed by atoms with Crippen molar-refractivity contribution in [2.24, 2.45) is 0 Å². The average Bonchev–Trinajstić information content (AvgIpc) is 2.73. The first kappa shape index (κ1) is 11.2. The number of hydrogen-bond donors (Lipinski definition) is 0. The predicted octanol–water partition coefficient (Wildman–Crippen LogP) is 2.75. The second-order valence-electron chi connectivity index (χ2n) is 3.31. The van der Waals surface area contributed by atoms with E-state index in [0.29, 0.717) is 16.6 Å². The second kappa shape index (κ2) is 4.29. The molecule has 0 bridgehead atoms. The molecular weight excluding hydrogens is 280 g/mol. The molecule has 1 heterocycles. The van der Waals surface area contributed by atoms with Gasteiger partial charge in [0.2, 0.25) is 0 Å². The van der Waals surface area contributed by atoms with E-state index in [0.717, 1.165) is 4.68 Å². The van der Waals surface area contributed by atoms with Crippen LogP contribution in [0, 0.1) is 18.6 Å². The average molecular weight is 288 g/mol. The minimum atomic E-state index is -0.658. The van der Waals surface area contributed by atoms with E-state index < -0.39 is 11.6 Å². The fourth-order valence-corrected chi connectivity index (χ4v) is 1.58. The van der Waals surface area contributed by atoms with E-state index in [1.165, 1.54) is 18.3 Å². The lowest BCUT2D eigenvalue weighted by Gasteiger charge is -2.05. The van der Waals surface area contributed by atoms with Gasteiger partial charge in [0.05, 0.1) is 11.9 Å². The summed E-state index contributed by atoms with van der Waals surface area (Å²) in [6.45, 7) is 1.57. The third-order valence-corrected chi connectivity index (χ3v) is 2.74. The molecule has 0 spiro atoms. The van der Waals surface area contributed by atoms with Gasteiger partial charge in [-0.05, 0) is 18.6 Å². The van der Waals surface area contributed by atoms with E-state index in [1.807, 2.05) is 0 Å². The van der Waals surface area contributed by atoms with Gasteiger partial charge in [0.15, 0.2) is 11.6 Å². The van der Waals surface area contributed by atoms with Crippen LogP contribution in [0.2, 0.25) is 0 Å². The maximum Gasteiger partial charge on any atom is 0.154 e. The molecule has 0 radical (unpaired) electrons. The molecule has 0 saturated carbocycles. The van der Waals surface area contributed by atoms with Crippen LogP contribution in [0.1, 0.15) is 11.3 Å². The van der Waals surface area contributed by atoms with E-state index >= 15 is 0 Å². The molecule has 1 aromatic carbocycles.